The number of amides is 1. The standard InChI is InChI=1S/C25H21ClN2O3S/c1-2-31-16-15-28-22-20(26)9-6-10-21(22)32-25(28)27-24(30)19-13-11-18(12-14-19)23(29)17-7-4-3-5-8-17/h3-14H,2,15-16H2,1H3. The molecule has 0 saturated heterocycles. The second kappa shape index (κ2) is 10.0. The summed E-state index contributed by atoms with van der Waals surface area (Å²) in [4.78, 5) is 30.4. The second-order valence-electron chi connectivity index (χ2n) is 7.01. The van der Waals surface area contributed by atoms with Gasteiger partial charge in [-0.1, -0.05) is 71.5 Å². The minimum absolute atomic E-state index is 0.0885. The van der Waals surface area contributed by atoms with Crippen LogP contribution in [0.3, 0.4) is 0 Å². The molecule has 3 aromatic carbocycles. The Morgan fingerprint density at radius 2 is 1.62 bits per heavy atom. The number of nitrogens with zero attached hydrogens (tertiary/aromatic N) is 2. The summed E-state index contributed by atoms with van der Waals surface area (Å²) in [7, 11) is 0. The third-order valence-electron chi connectivity index (χ3n) is 4.94. The number of para-hydroxylation sites is 1. The van der Waals surface area contributed by atoms with E-state index in [-0.39, 0.29) is 11.7 Å². The van der Waals surface area contributed by atoms with Gasteiger partial charge in [-0.05, 0) is 31.2 Å². The first-order valence-corrected chi connectivity index (χ1v) is 11.4. The zero-order valence-electron chi connectivity index (χ0n) is 17.5. The van der Waals surface area contributed by atoms with Crippen molar-refractivity contribution in [3.05, 3.63) is 99.3 Å². The lowest BCUT2D eigenvalue weighted by Gasteiger charge is -2.06. The molecule has 32 heavy (non-hydrogen) atoms. The molecule has 0 bridgehead atoms. The maximum absolute atomic E-state index is 12.9. The summed E-state index contributed by atoms with van der Waals surface area (Å²) in [5, 5.41) is 0.605. The number of fused-ring (bicyclic) bond motifs is 1. The fourth-order valence-corrected chi connectivity index (χ4v) is 4.77. The molecule has 0 aliphatic heterocycles. The molecule has 1 heterocycles. The molecule has 0 atom stereocenters. The van der Waals surface area contributed by atoms with E-state index in [1.165, 1.54) is 11.3 Å². The van der Waals surface area contributed by atoms with E-state index in [4.69, 9.17) is 16.3 Å². The van der Waals surface area contributed by atoms with Gasteiger partial charge >= 0.3 is 0 Å². The van der Waals surface area contributed by atoms with Crippen molar-refractivity contribution in [1.82, 2.24) is 4.57 Å². The molecule has 0 saturated carbocycles. The van der Waals surface area contributed by atoms with Gasteiger partial charge in [0.1, 0.15) is 0 Å². The van der Waals surface area contributed by atoms with Crippen LogP contribution in [0.2, 0.25) is 5.02 Å². The molecule has 0 aliphatic rings. The molecule has 5 nitrogen and oxygen atoms in total. The van der Waals surface area contributed by atoms with Gasteiger partial charge in [0, 0.05) is 29.8 Å². The van der Waals surface area contributed by atoms with Crippen LogP contribution in [0.25, 0.3) is 10.2 Å². The number of ether oxygens (including phenoxy) is 1. The van der Waals surface area contributed by atoms with Gasteiger partial charge in [-0.3, -0.25) is 9.59 Å². The van der Waals surface area contributed by atoms with Gasteiger partial charge in [0.25, 0.3) is 5.91 Å². The molecule has 1 aromatic heterocycles. The number of ketones is 1. The van der Waals surface area contributed by atoms with Crippen molar-refractivity contribution in [2.75, 3.05) is 13.2 Å². The van der Waals surface area contributed by atoms with E-state index in [9.17, 15) is 9.59 Å². The summed E-state index contributed by atoms with van der Waals surface area (Å²) < 4.78 is 8.36. The molecule has 0 unspecified atom stereocenters. The average Bonchev–Trinajstić information content (AvgIpc) is 3.17. The van der Waals surface area contributed by atoms with E-state index < -0.39 is 0 Å². The Hall–Kier alpha value is -3.06. The van der Waals surface area contributed by atoms with Crippen molar-refractivity contribution in [1.29, 1.82) is 0 Å². The second-order valence-corrected chi connectivity index (χ2v) is 8.43. The number of halogens is 1. The first-order chi connectivity index (χ1) is 15.6. The molecular formula is C25H21ClN2O3S. The van der Waals surface area contributed by atoms with Crippen molar-refractivity contribution in [2.45, 2.75) is 13.5 Å². The Bertz CT molecular complexity index is 1330. The van der Waals surface area contributed by atoms with E-state index in [1.807, 2.05) is 47.9 Å². The summed E-state index contributed by atoms with van der Waals surface area (Å²) in [6.07, 6.45) is 0. The molecule has 162 valence electrons. The van der Waals surface area contributed by atoms with Crippen LogP contribution in [0.4, 0.5) is 0 Å². The highest BCUT2D eigenvalue weighted by molar-refractivity contribution is 7.16. The Kier molecular flexibility index (Phi) is 6.95. The Balaban J connectivity index is 1.65. The Morgan fingerprint density at radius 3 is 2.34 bits per heavy atom. The maximum Gasteiger partial charge on any atom is 0.279 e. The lowest BCUT2D eigenvalue weighted by atomic mass is 10.0. The first-order valence-electron chi connectivity index (χ1n) is 10.2. The first kappa shape index (κ1) is 22.1. The van der Waals surface area contributed by atoms with Crippen LogP contribution in [0.5, 0.6) is 0 Å². The fourth-order valence-electron chi connectivity index (χ4n) is 3.35. The highest BCUT2D eigenvalue weighted by Crippen LogP contribution is 2.25. The quantitative estimate of drug-likeness (QED) is 0.273. The summed E-state index contributed by atoms with van der Waals surface area (Å²) in [6.45, 7) is 3.57. The lowest BCUT2D eigenvalue weighted by Crippen LogP contribution is -2.20. The van der Waals surface area contributed by atoms with E-state index in [2.05, 4.69) is 4.99 Å². The number of thiazole rings is 1. The highest BCUT2D eigenvalue weighted by Gasteiger charge is 2.13. The highest BCUT2D eigenvalue weighted by atomic mass is 35.5. The lowest BCUT2D eigenvalue weighted by molar-refractivity contribution is 0.0993. The molecular weight excluding hydrogens is 444 g/mol. The molecule has 0 aliphatic carbocycles. The van der Waals surface area contributed by atoms with Gasteiger partial charge in [-0.2, -0.15) is 4.99 Å². The van der Waals surface area contributed by atoms with E-state index in [0.717, 1.165) is 10.2 Å². The Morgan fingerprint density at radius 1 is 0.938 bits per heavy atom. The summed E-state index contributed by atoms with van der Waals surface area (Å²) in [5.74, 6) is -0.467. The molecule has 0 fully saturated rings. The largest absolute Gasteiger partial charge is 0.380 e. The fraction of sp³-hybridized carbons (Fsp3) is 0.160. The van der Waals surface area contributed by atoms with E-state index in [1.54, 1.807) is 36.4 Å². The third-order valence-corrected chi connectivity index (χ3v) is 6.29. The number of aromatic nitrogens is 1. The number of rotatable bonds is 7. The van der Waals surface area contributed by atoms with Crippen molar-refractivity contribution in [3.8, 4) is 0 Å². The topological polar surface area (TPSA) is 60.7 Å². The van der Waals surface area contributed by atoms with Crippen molar-refractivity contribution in [3.63, 3.8) is 0 Å². The van der Waals surface area contributed by atoms with Crippen molar-refractivity contribution >= 4 is 44.8 Å². The van der Waals surface area contributed by atoms with Crippen molar-refractivity contribution < 1.29 is 14.3 Å². The van der Waals surface area contributed by atoms with Crippen LogP contribution in [0, 0.1) is 0 Å². The maximum atomic E-state index is 12.9. The van der Waals surface area contributed by atoms with E-state index in [0.29, 0.717) is 46.3 Å². The van der Waals surface area contributed by atoms with Gasteiger partial charge in [-0.25, -0.2) is 0 Å². The smallest absolute Gasteiger partial charge is 0.279 e. The molecule has 4 aromatic rings. The van der Waals surface area contributed by atoms with Crippen LogP contribution < -0.4 is 4.80 Å². The SMILES string of the molecule is CCOCCn1c(=NC(=O)c2ccc(C(=O)c3ccccc3)cc2)sc2cccc(Cl)c21. The summed E-state index contributed by atoms with van der Waals surface area (Å²) in [5.41, 5.74) is 2.38. The number of benzene rings is 3. The summed E-state index contributed by atoms with van der Waals surface area (Å²) >= 11 is 7.83. The molecule has 0 N–H and O–H groups in total. The average molecular weight is 465 g/mol. The van der Waals surface area contributed by atoms with Gasteiger partial charge in [0.2, 0.25) is 0 Å². The minimum atomic E-state index is -0.378. The molecule has 1 amide bonds. The molecule has 4 rings (SSSR count). The predicted molar refractivity (Wildman–Crippen MR) is 128 cm³/mol. The van der Waals surface area contributed by atoms with Gasteiger partial charge in [0.15, 0.2) is 10.6 Å². The van der Waals surface area contributed by atoms with Crippen LogP contribution in [-0.4, -0.2) is 29.5 Å². The summed E-state index contributed by atoms with van der Waals surface area (Å²) in [6, 6.07) is 21.3. The molecule has 7 heteroatoms. The van der Waals surface area contributed by atoms with E-state index >= 15 is 0 Å². The normalized spacial score (nSPS) is 11.8. The molecule has 0 spiro atoms. The molecule has 0 radical (unpaired) electrons. The van der Waals surface area contributed by atoms with Gasteiger partial charge in [-0.15, -0.1) is 0 Å². The number of carbonyl (C=O) groups excluding carboxylic acids is 2. The van der Waals surface area contributed by atoms with Crippen molar-refractivity contribution in [2.24, 2.45) is 4.99 Å². The van der Waals surface area contributed by atoms with Crippen LogP contribution >= 0.6 is 22.9 Å². The number of carbonyl (C=O) groups is 2. The number of hydrogen-bond donors (Lipinski definition) is 0. The predicted octanol–water partition coefficient (Wildman–Crippen LogP) is 5.36. The zero-order chi connectivity index (χ0) is 22.5. The third kappa shape index (κ3) is 4.72. The van der Waals surface area contributed by atoms with Crippen LogP contribution in [-0.2, 0) is 11.3 Å². The minimum Gasteiger partial charge on any atom is -0.380 e. The zero-order valence-corrected chi connectivity index (χ0v) is 19.0. The van der Waals surface area contributed by atoms with Crippen LogP contribution in [0.1, 0.15) is 33.2 Å². The monoisotopic (exact) mass is 464 g/mol. The Labute approximate surface area is 194 Å². The number of hydrogen-bond acceptors (Lipinski definition) is 4. The van der Waals surface area contributed by atoms with Gasteiger partial charge in [0.05, 0.1) is 21.8 Å². The van der Waals surface area contributed by atoms with Gasteiger partial charge < -0.3 is 9.30 Å². The van der Waals surface area contributed by atoms with Crippen LogP contribution in [0.15, 0.2) is 77.8 Å².